The zero-order valence-electron chi connectivity index (χ0n) is 13.1. The number of nitrogens with zero attached hydrogens (tertiary/aromatic N) is 3. The van der Waals surface area contributed by atoms with Crippen molar-refractivity contribution < 1.29 is 13.6 Å². The van der Waals surface area contributed by atoms with Crippen LogP contribution in [0.5, 0.6) is 0 Å². The van der Waals surface area contributed by atoms with Crippen LogP contribution in [0.3, 0.4) is 0 Å². The minimum absolute atomic E-state index is 0.125. The maximum atomic E-state index is 12.6. The molecule has 0 aliphatic rings. The molecule has 3 rings (SSSR count). The van der Waals surface area contributed by atoms with Crippen molar-refractivity contribution in [3.8, 4) is 0 Å². The Morgan fingerprint density at radius 1 is 1.40 bits per heavy atom. The molecule has 6 nitrogen and oxygen atoms in total. The number of aryl methyl sites for hydroxylation is 1. The van der Waals surface area contributed by atoms with Gasteiger partial charge in [0.25, 0.3) is 12.3 Å². The summed E-state index contributed by atoms with van der Waals surface area (Å²) in [6.45, 7) is 2.13. The largest absolute Gasteiger partial charge is 0.305 e. The molecule has 25 heavy (non-hydrogen) atoms. The second kappa shape index (κ2) is 7.02. The van der Waals surface area contributed by atoms with E-state index in [2.05, 4.69) is 20.6 Å². The van der Waals surface area contributed by atoms with Gasteiger partial charge in [-0.25, -0.2) is 13.5 Å². The maximum Gasteiger partial charge on any atom is 0.279 e. The van der Waals surface area contributed by atoms with Gasteiger partial charge in [-0.3, -0.25) is 9.89 Å². The highest BCUT2D eigenvalue weighted by Crippen LogP contribution is 2.21. The van der Waals surface area contributed by atoms with Gasteiger partial charge in [-0.15, -0.1) is 0 Å². The van der Waals surface area contributed by atoms with E-state index in [4.69, 9.17) is 11.6 Å². The van der Waals surface area contributed by atoms with Crippen molar-refractivity contribution in [2.24, 2.45) is 0 Å². The summed E-state index contributed by atoms with van der Waals surface area (Å²) in [7, 11) is 0. The normalized spacial score (nSPS) is 11.1. The number of benzene rings is 1. The van der Waals surface area contributed by atoms with Crippen molar-refractivity contribution in [2.45, 2.75) is 19.9 Å². The monoisotopic (exact) mass is 365 g/mol. The van der Waals surface area contributed by atoms with Crippen molar-refractivity contribution in [2.75, 3.05) is 5.32 Å². The molecule has 130 valence electrons. The number of halogens is 3. The van der Waals surface area contributed by atoms with Crippen molar-refractivity contribution in [1.82, 2.24) is 20.0 Å². The molecule has 3 aromatic rings. The number of H-pyrrole nitrogens is 1. The molecule has 0 saturated heterocycles. The van der Waals surface area contributed by atoms with E-state index >= 15 is 0 Å². The summed E-state index contributed by atoms with van der Waals surface area (Å²) >= 11 is 6.15. The quantitative estimate of drug-likeness (QED) is 0.722. The Labute approximate surface area is 146 Å². The SMILES string of the molecule is Cc1cnn(Cc2ccccc2Cl)c1NC(=O)c1cc(C(F)F)[nH]n1. The van der Waals surface area contributed by atoms with Gasteiger partial charge in [0.15, 0.2) is 5.69 Å². The molecule has 0 spiro atoms. The third-order valence-electron chi connectivity index (χ3n) is 3.60. The fourth-order valence-corrected chi connectivity index (χ4v) is 2.48. The molecule has 0 atom stereocenters. The van der Waals surface area contributed by atoms with Gasteiger partial charge in [0, 0.05) is 10.6 Å². The van der Waals surface area contributed by atoms with Crippen molar-refractivity contribution >= 4 is 23.3 Å². The van der Waals surface area contributed by atoms with E-state index in [-0.39, 0.29) is 5.69 Å². The van der Waals surface area contributed by atoms with Crippen molar-refractivity contribution in [3.05, 3.63) is 64.1 Å². The number of hydrogen-bond acceptors (Lipinski definition) is 3. The van der Waals surface area contributed by atoms with Crippen molar-refractivity contribution in [1.29, 1.82) is 0 Å². The number of carbonyl (C=O) groups is 1. The third-order valence-corrected chi connectivity index (χ3v) is 3.97. The van der Waals surface area contributed by atoms with Crippen LogP contribution in [0.1, 0.15) is 33.7 Å². The molecule has 0 bridgehead atoms. The first-order valence-electron chi connectivity index (χ1n) is 7.36. The van der Waals surface area contributed by atoms with E-state index in [0.717, 1.165) is 17.2 Å². The molecule has 2 aromatic heterocycles. The summed E-state index contributed by atoms with van der Waals surface area (Å²) < 4.78 is 26.8. The fraction of sp³-hybridized carbons (Fsp3) is 0.188. The minimum atomic E-state index is -2.72. The molecule has 0 unspecified atom stereocenters. The van der Waals surface area contributed by atoms with Crippen LogP contribution in [-0.2, 0) is 6.54 Å². The Kier molecular flexibility index (Phi) is 4.80. The molecule has 2 heterocycles. The smallest absolute Gasteiger partial charge is 0.279 e. The first kappa shape index (κ1) is 17.1. The number of hydrogen-bond donors (Lipinski definition) is 2. The van der Waals surface area contributed by atoms with Crippen LogP contribution in [-0.4, -0.2) is 25.9 Å². The van der Waals surface area contributed by atoms with Gasteiger partial charge in [-0.1, -0.05) is 29.8 Å². The van der Waals surface area contributed by atoms with E-state index in [0.29, 0.717) is 17.4 Å². The summed E-state index contributed by atoms with van der Waals surface area (Å²) in [4.78, 5) is 12.3. The molecule has 1 amide bonds. The summed E-state index contributed by atoms with van der Waals surface area (Å²) in [5.74, 6) is -0.154. The summed E-state index contributed by atoms with van der Waals surface area (Å²) in [6, 6.07) is 8.31. The molecule has 0 aliphatic carbocycles. The summed E-state index contributed by atoms with van der Waals surface area (Å²) in [5.41, 5.74) is 1.03. The summed E-state index contributed by atoms with van der Waals surface area (Å²) in [6.07, 6.45) is -1.12. The van der Waals surface area contributed by atoms with Gasteiger partial charge in [0.05, 0.1) is 12.7 Å². The Balaban J connectivity index is 1.81. The van der Waals surface area contributed by atoms with Crippen LogP contribution in [0, 0.1) is 6.92 Å². The predicted molar refractivity (Wildman–Crippen MR) is 89.0 cm³/mol. The Morgan fingerprint density at radius 2 is 2.16 bits per heavy atom. The van der Waals surface area contributed by atoms with Crippen molar-refractivity contribution in [3.63, 3.8) is 0 Å². The van der Waals surface area contributed by atoms with Gasteiger partial charge < -0.3 is 5.32 Å². The van der Waals surface area contributed by atoms with Crippen LogP contribution < -0.4 is 5.32 Å². The molecule has 0 radical (unpaired) electrons. The standard InChI is InChI=1S/C16H14ClF2N5O/c1-9-7-20-24(8-10-4-2-3-5-11(10)17)15(9)21-16(25)13-6-12(14(18)19)22-23-13/h2-7,14H,8H2,1H3,(H,21,25)(H,22,23). The lowest BCUT2D eigenvalue weighted by Crippen LogP contribution is -2.17. The number of aromatic amines is 1. The Hall–Kier alpha value is -2.74. The highest BCUT2D eigenvalue weighted by molar-refractivity contribution is 6.31. The lowest BCUT2D eigenvalue weighted by Gasteiger charge is -2.10. The minimum Gasteiger partial charge on any atom is -0.305 e. The van der Waals surface area contributed by atoms with E-state index in [9.17, 15) is 13.6 Å². The number of rotatable bonds is 5. The van der Waals surface area contributed by atoms with Crippen LogP contribution in [0.2, 0.25) is 5.02 Å². The molecule has 9 heteroatoms. The lowest BCUT2D eigenvalue weighted by molar-refractivity contribution is 0.102. The Morgan fingerprint density at radius 3 is 2.84 bits per heavy atom. The first-order valence-corrected chi connectivity index (χ1v) is 7.74. The van der Waals surface area contributed by atoms with E-state index in [1.165, 1.54) is 0 Å². The lowest BCUT2D eigenvalue weighted by atomic mass is 10.2. The van der Waals surface area contributed by atoms with Crippen LogP contribution in [0.4, 0.5) is 14.6 Å². The van der Waals surface area contributed by atoms with E-state index < -0.39 is 18.0 Å². The molecular formula is C16H14ClF2N5O. The molecule has 0 aliphatic heterocycles. The number of nitrogens with one attached hydrogen (secondary N) is 2. The Bertz CT molecular complexity index is 906. The van der Waals surface area contributed by atoms with Crippen LogP contribution in [0.15, 0.2) is 36.5 Å². The predicted octanol–water partition coefficient (Wildman–Crippen LogP) is 3.81. The van der Waals surface area contributed by atoms with E-state index in [1.54, 1.807) is 23.9 Å². The first-order chi connectivity index (χ1) is 12.0. The molecular weight excluding hydrogens is 352 g/mol. The maximum absolute atomic E-state index is 12.6. The van der Waals surface area contributed by atoms with Gasteiger partial charge in [0.1, 0.15) is 11.5 Å². The number of anilines is 1. The highest BCUT2D eigenvalue weighted by atomic mass is 35.5. The number of alkyl halides is 2. The number of amides is 1. The number of aromatic nitrogens is 4. The highest BCUT2D eigenvalue weighted by Gasteiger charge is 2.18. The molecule has 0 fully saturated rings. The molecule has 1 aromatic carbocycles. The fourth-order valence-electron chi connectivity index (χ4n) is 2.29. The second-order valence-corrected chi connectivity index (χ2v) is 5.80. The van der Waals surface area contributed by atoms with Crippen LogP contribution in [0.25, 0.3) is 0 Å². The molecule has 2 N–H and O–H groups in total. The average Bonchev–Trinajstić information content (AvgIpc) is 3.19. The van der Waals surface area contributed by atoms with Gasteiger partial charge in [0.2, 0.25) is 0 Å². The van der Waals surface area contributed by atoms with Gasteiger partial charge >= 0.3 is 0 Å². The average molecular weight is 366 g/mol. The van der Waals surface area contributed by atoms with Gasteiger partial charge in [-0.2, -0.15) is 10.2 Å². The topological polar surface area (TPSA) is 75.6 Å². The van der Waals surface area contributed by atoms with Gasteiger partial charge in [-0.05, 0) is 24.6 Å². The zero-order chi connectivity index (χ0) is 18.0. The van der Waals surface area contributed by atoms with Crippen LogP contribution >= 0.6 is 11.6 Å². The second-order valence-electron chi connectivity index (χ2n) is 5.39. The zero-order valence-corrected chi connectivity index (χ0v) is 13.9. The third kappa shape index (κ3) is 3.69. The number of carbonyl (C=O) groups excluding carboxylic acids is 1. The molecule has 0 saturated carbocycles. The summed E-state index contributed by atoms with van der Waals surface area (Å²) in [5, 5.41) is 13.2. The van der Waals surface area contributed by atoms with E-state index in [1.807, 2.05) is 18.2 Å².